The molecule has 2 aromatic heterocycles. The zero-order chi connectivity index (χ0) is 25.5. The second-order valence-corrected chi connectivity index (χ2v) is 9.90. The lowest BCUT2D eigenvalue weighted by atomic mass is 10.1. The average molecular weight is 541 g/mol. The molecule has 0 radical (unpaired) electrons. The minimum Gasteiger partial charge on any atom is -0.434 e. The molecule has 2 N–H and O–H groups in total. The standard InChI is InChI=1S/C19H14Cl2N6O7S/c1-35(31,32)33-7-8-2-3-10-14(8)17(29)24-25-18(10)34-15-11(20)4-9(5-12(15)21)27-19(30)23-16(28)13(6-22)26-27/h4-5,8H,2-3,7H2,1H3,(H,24,29)(H,23,28,30). The van der Waals surface area contributed by atoms with Crippen molar-refractivity contribution in [3.63, 3.8) is 0 Å². The van der Waals surface area contributed by atoms with E-state index in [1.807, 2.05) is 4.98 Å². The summed E-state index contributed by atoms with van der Waals surface area (Å²) < 4.78 is 34.1. The number of nitrogens with one attached hydrogen (secondary N) is 2. The molecule has 1 unspecified atom stereocenters. The Morgan fingerprint density at radius 1 is 1.23 bits per heavy atom. The Morgan fingerprint density at radius 3 is 2.54 bits per heavy atom. The van der Waals surface area contributed by atoms with Crippen LogP contribution in [0.2, 0.25) is 10.0 Å². The van der Waals surface area contributed by atoms with Gasteiger partial charge in [-0.25, -0.2) is 9.89 Å². The number of nitrogens with zero attached hydrogens (tertiary/aromatic N) is 4. The summed E-state index contributed by atoms with van der Waals surface area (Å²) in [6, 6.07) is 4.11. The predicted octanol–water partition coefficient (Wildman–Crippen LogP) is 0.981. The number of hydrogen-bond acceptors (Lipinski definition) is 10. The second kappa shape index (κ2) is 9.27. The molecule has 2 heterocycles. The molecule has 0 saturated carbocycles. The van der Waals surface area contributed by atoms with Gasteiger partial charge in [-0.3, -0.25) is 18.8 Å². The summed E-state index contributed by atoms with van der Waals surface area (Å²) in [5.41, 5.74) is -2.13. The number of hydrogen-bond donors (Lipinski definition) is 2. The van der Waals surface area contributed by atoms with Crippen LogP contribution in [-0.2, 0) is 20.7 Å². The normalized spacial score (nSPS) is 15.0. The third-order valence-corrected chi connectivity index (χ3v) is 6.21. The lowest BCUT2D eigenvalue weighted by molar-refractivity contribution is 0.293. The zero-order valence-corrected chi connectivity index (χ0v) is 20.0. The Bertz CT molecular complexity index is 1650. The quantitative estimate of drug-likeness (QED) is 0.426. The first kappa shape index (κ1) is 24.6. The highest BCUT2D eigenvalue weighted by Gasteiger charge is 2.31. The monoisotopic (exact) mass is 540 g/mol. The maximum atomic E-state index is 12.4. The summed E-state index contributed by atoms with van der Waals surface area (Å²) >= 11 is 12.7. The number of halogens is 2. The van der Waals surface area contributed by atoms with Crippen molar-refractivity contribution in [2.75, 3.05) is 12.9 Å². The van der Waals surface area contributed by atoms with Gasteiger partial charge >= 0.3 is 5.69 Å². The van der Waals surface area contributed by atoms with E-state index in [9.17, 15) is 22.8 Å². The molecule has 1 aromatic carbocycles. The van der Waals surface area contributed by atoms with Crippen molar-refractivity contribution in [3.05, 3.63) is 70.2 Å². The summed E-state index contributed by atoms with van der Waals surface area (Å²) in [5.74, 6) is -0.536. The van der Waals surface area contributed by atoms with Crippen LogP contribution < -0.4 is 21.5 Å². The maximum Gasteiger partial charge on any atom is 0.349 e. The molecule has 182 valence electrons. The molecule has 0 spiro atoms. The van der Waals surface area contributed by atoms with E-state index in [1.165, 1.54) is 12.1 Å². The molecule has 1 aliphatic carbocycles. The number of fused-ring (bicyclic) bond motifs is 1. The molecule has 0 aliphatic heterocycles. The Kier molecular flexibility index (Phi) is 6.52. The average Bonchev–Trinajstić information content (AvgIpc) is 3.21. The van der Waals surface area contributed by atoms with Crippen LogP contribution in [0, 0.1) is 11.3 Å². The van der Waals surface area contributed by atoms with Crippen molar-refractivity contribution >= 4 is 33.3 Å². The summed E-state index contributed by atoms with van der Waals surface area (Å²) in [4.78, 5) is 38.1. The van der Waals surface area contributed by atoms with Crippen LogP contribution in [-0.4, -0.2) is 46.2 Å². The Labute approximate surface area is 206 Å². The van der Waals surface area contributed by atoms with Gasteiger partial charge in [-0.15, -0.1) is 10.2 Å². The van der Waals surface area contributed by atoms with Crippen molar-refractivity contribution in [1.29, 1.82) is 5.26 Å². The second-order valence-electron chi connectivity index (χ2n) is 7.45. The minimum atomic E-state index is -3.69. The largest absolute Gasteiger partial charge is 0.434 e. The van der Waals surface area contributed by atoms with Crippen molar-refractivity contribution in [3.8, 4) is 23.4 Å². The molecule has 1 aliphatic rings. The highest BCUT2D eigenvalue weighted by molar-refractivity contribution is 7.85. The summed E-state index contributed by atoms with van der Waals surface area (Å²) in [6.45, 7) is -0.208. The molecule has 0 bridgehead atoms. The SMILES string of the molecule is CS(=O)(=O)OCC1CCc2c(Oc3c(Cl)cc(-n4nc(C#N)c(=O)[nH]c4=O)cc3Cl)n[nH]c(=O)c21. The minimum absolute atomic E-state index is 0.00380. The van der Waals surface area contributed by atoms with Gasteiger partial charge in [0.2, 0.25) is 11.6 Å². The van der Waals surface area contributed by atoms with Crippen molar-refractivity contribution in [1.82, 2.24) is 25.0 Å². The number of aromatic amines is 2. The number of aromatic nitrogens is 5. The molecule has 13 nitrogen and oxygen atoms in total. The molecule has 0 fully saturated rings. The van der Waals surface area contributed by atoms with Crippen LogP contribution in [0.25, 0.3) is 5.69 Å². The highest BCUT2D eigenvalue weighted by Crippen LogP contribution is 2.41. The van der Waals surface area contributed by atoms with E-state index in [4.69, 9.17) is 37.4 Å². The molecular weight excluding hydrogens is 527 g/mol. The number of nitriles is 1. The van der Waals surface area contributed by atoms with Gasteiger partial charge in [0.15, 0.2) is 5.75 Å². The summed E-state index contributed by atoms with van der Waals surface area (Å²) in [7, 11) is -3.69. The predicted molar refractivity (Wildman–Crippen MR) is 122 cm³/mol. The molecule has 4 rings (SSSR count). The van der Waals surface area contributed by atoms with Crippen LogP contribution in [0.15, 0.2) is 26.5 Å². The fourth-order valence-corrected chi connectivity index (χ4v) is 4.55. The van der Waals surface area contributed by atoms with E-state index in [-0.39, 0.29) is 39.5 Å². The van der Waals surface area contributed by atoms with Gasteiger partial charge in [0.05, 0.1) is 28.6 Å². The lowest BCUT2D eigenvalue weighted by Crippen LogP contribution is -2.33. The molecule has 1 atom stereocenters. The lowest BCUT2D eigenvalue weighted by Gasteiger charge is -2.14. The van der Waals surface area contributed by atoms with Crippen molar-refractivity contribution in [2.45, 2.75) is 18.8 Å². The van der Waals surface area contributed by atoms with E-state index >= 15 is 0 Å². The third-order valence-electron chi connectivity index (χ3n) is 5.08. The molecule has 0 amide bonds. The first-order valence-electron chi connectivity index (χ1n) is 9.75. The van der Waals surface area contributed by atoms with Gasteiger partial charge in [-0.2, -0.15) is 18.4 Å². The van der Waals surface area contributed by atoms with E-state index in [0.717, 1.165) is 10.9 Å². The molecule has 3 aromatic rings. The van der Waals surface area contributed by atoms with Crippen LogP contribution in [0.3, 0.4) is 0 Å². The smallest absolute Gasteiger partial charge is 0.349 e. The van der Waals surface area contributed by atoms with Gasteiger partial charge in [-0.1, -0.05) is 23.2 Å². The Balaban J connectivity index is 1.70. The molecule has 35 heavy (non-hydrogen) atoms. The fourth-order valence-electron chi connectivity index (χ4n) is 3.59. The van der Waals surface area contributed by atoms with Gasteiger partial charge < -0.3 is 4.74 Å². The maximum absolute atomic E-state index is 12.4. The number of H-pyrrole nitrogens is 2. The van der Waals surface area contributed by atoms with Crippen LogP contribution in [0.5, 0.6) is 11.6 Å². The summed E-state index contributed by atoms with van der Waals surface area (Å²) in [5, 5.41) is 18.8. The van der Waals surface area contributed by atoms with Crippen LogP contribution in [0.1, 0.15) is 29.2 Å². The first-order valence-corrected chi connectivity index (χ1v) is 12.3. The molecule has 0 saturated heterocycles. The number of rotatable bonds is 6. The highest BCUT2D eigenvalue weighted by atomic mass is 35.5. The van der Waals surface area contributed by atoms with Gasteiger partial charge in [-0.05, 0) is 25.0 Å². The first-order chi connectivity index (χ1) is 16.5. The fraction of sp³-hybridized carbons (Fsp3) is 0.263. The Morgan fingerprint density at radius 2 is 1.91 bits per heavy atom. The molecule has 16 heteroatoms. The number of ether oxygens (including phenoxy) is 1. The number of benzene rings is 1. The van der Waals surface area contributed by atoms with Crippen molar-refractivity contribution < 1.29 is 17.3 Å². The van der Waals surface area contributed by atoms with Gasteiger partial charge in [0.1, 0.15) is 6.07 Å². The van der Waals surface area contributed by atoms with E-state index in [1.54, 1.807) is 6.07 Å². The topological polar surface area (TPSA) is 190 Å². The van der Waals surface area contributed by atoms with E-state index in [0.29, 0.717) is 18.4 Å². The van der Waals surface area contributed by atoms with Gasteiger partial charge in [0.25, 0.3) is 21.2 Å². The van der Waals surface area contributed by atoms with Crippen LogP contribution in [0.4, 0.5) is 0 Å². The third kappa shape index (κ3) is 4.98. The van der Waals surface area contributed by atoms with E-state index in [2.05, 4.69) is 15.3 Å². The van der Waals surface area contributed by atoms with Crippen LogP contribution >= 0.6 is 23.2 Å². The molecular formula is C19H14Cl2N6O7S. The van der Waals surface area contributed by atoms with Crippen molar-refractivity contribution in [2.24, 2.45) is 0 Å². The van der Waals surface area contributed by atoms with E-state index < -0.39 is 38.5 Å². The zero-order valence-electron chi connectivity index (χ0n) is 17.7. The summed E-state index contributed by atoms with van der Waals surface area (Å²) in [6.07, 6.45) is 1.71. The Hall–Kier alpha value is -3.51. The van der Waals surface area contributed by atoms with Gasteiger partial charge in [0, 0.05) is 17.0 Å².